The molecule has 0 radical (unpaired) electrons. The van der Waals surface area contributed by atoms with Crippen LogP contribution in [0.3, 0.4) is 0 Å². The van der Waals surface area contributed by atoms with Gasteiger partial charge in [0.05, 0.1) is 0 Å². The van der Waals surface area contributed by atoms with Crippen LogP contribution in [-0.2, 0) is 6.42 Å². The number of hydrogen-bond acceptors (Lipinski definition) is 4. The van der Waals surface area contributed by atoms with Gasteiger partial charge in [-0.05, 0) is 19.3 Å². The second-order valence-electron chi connectivity index (χ2n) is 6.07. The number of piperazine rings is 1. The van der Waals surface area contributed by atoms with Crippen LogP contribution in [0.2, 0.25) is 0 Å². The summed E-state index contributed by atoms with van der Waals surface area (Å²) in [6.07, 6.45) is 7.99. The molecule has 1 aromatic rings. The first-order valence-electron chi connectivity index (χ1n) is 7.71. The first-order chi connectivity index (χ1) is 9.31. The van der Waals surface area contributed by atoms with Crippen LogP contribution in [0.4, 0.5) is 5.95 Å². The van der Waals surface area contributed by atoms with E-state index in [9.17, 15) is 0 Å². The van der Waals surface area contributed by atoms with Crippen LogP contribution in [0.5, 0.6) is 0 Å². The van der Waals surface area contributed by atoms with Gasteiger partial charge in [-0.3, -0.25) is 5.10 Å². The fourth-order valence-electron chi connectivity index (χ4n) is 3.29. The highest BCUT2D eigenvalue weighted by Crippen LogP contribution is 2.28. The predicted octanol–water partition coefficient (Wildman–Crippen LogP) is 1.73. The largest absolute Gasteiger partial charge is 0.337 e. The van der Waals surface area contributed by atoms with Gasteiger partial charge >= 0.3 is 0 Å². The third-order valence-corrected chi connectivity index (χ3v) is 4.44. The number of hydrogen-bond donors (Lipinski definition) is 2. The zero-order valence-electron chi connectivity index (χ0n) is 11.9. The van der Waals surface area contributed by atoms with Crippen LogP contribution in [0.25, 0.3) is 0 Å². The molecule has 2 N–H and O–H groups in total. The lowest BCUT2D eigenvalue weighted by Gasteiger charge is -2.30. The fourth-order valence-corrected chi connectivity index (χ4v) is 3.29. The monoisotopic (exact) mass is 263 g/mol. The lowest BCUT2D eigenvalue weighted by molar-refractivity contribution is 0.479. The Labute approximate surface area is 115 Å². The number of anilines is 1. The number of rotatable bonds is 4. The van der Waals surface area contributed by atoms with Gasteiger partial charge in [0.1, 0.15) is 5.82 Å². The Morgan fingerprint density at radius 1 is 1.32 bits per heavy atom. The SMILES string of the molecule is CC1CN(c2n[nH]c(CCC3CCCC3)n2)CCN1. The number of H-pyrrole nitrogens is 1. The Balaban J connectivity index is 1.53. The summed E-state index contributed by atoms with van der Waals surface area (Å²) in [7, 11) is 0. The molecular weight excluding hydrogens is 238 g/mol. The van der Waals surface area contributed by atoms with Gasteiger partial charge in [0.15, 0.2) is 0 Å². The number of aromatic amines is 1. The standard InChI is InChI=1S/C14H25N5/c1-11-10-19(9-8-15-11)14-16-13(17-18-14)7-6-12-4-2-3-5-12/h11-12,15H,2-10H2,1H3,(H,16,17,18). The van der Waals surface area contributed by atoms with Crippen LogP contribution >= 0.6 is 0 Å². The van der Waals surface area contributed by atoms with Crippen molar-refractivity contribution in [1.82, 2.24) is 20.5 Å². The van der Waals surface area contributed by atoms with Crippen molar-refractivity contribution < 1.29 is 0 Å². The molecule has 2 fully saturated rings. The second kappa shape index (κ2) is 5.90. The van der Waals surface area contributed by atoms with E-state index in [1.807, 2.05) is 0 Å². The van der Waals surface area contributed by atoms with Crippen molar-refractivity contribution in [1.29, 1.82) is 0 Å². The molecule has 0 bridgehead atoms. The van der Waals surface area contributed by atoms with Crippen LogP contribution in [0, 0.1) is 5.92 Å². The van der Waals surface area contributed by atoms with Gasteiger partial charge in [-0.25, -0.2) is 0 Å². The number of nitrogens with one attached hydrogen (secondary N) is 2. The third kappa shape index (κ3) is 3.26. The normalized spacial score (nSPS) is 25.1. The second-order valence-corrected chi connectivity index (χ2v) is 6.07. The quantitative estimate of drug-likeness (QED) is 0.868. The molecule has 1 saturated heterocycles. The van der Waals surface area contributed by atoms with Gasteiger partial charge < -0.3 is 10.2 Å². The van der Waals surface area contributed by atoms with Gasteiger partial charge in [0.2, 0.25) is 5.95 Å². The zero-order chi connectivity index (χ0) is 13.1. The molecule has 1 unspecified atom stereocenters. The predicted molar refractivity (Wildman–Crippen MR) is 76.3 cm³/mol. The highest BCUT2D eigenvalue weighted by Gasteiger charge is 2.20. The van der Waals surface area contributed by atoms with Crippen LogP contribution in [0.15, 0.2) is 0 Å². The van der Waals surface area contributed by atoms with Crippen molar-refractivity contribution in [3.05, 3.63) is 5.82 Å². The Kier molecular flexibility index (Phi) is 4.01. The van der Waals surface area contributed by atoms with E-state index in [4.69, 9.17) is 0 Å². The average Bonchev–Trinajstić information content (AvgIpc) is 3.08. The molecule has 1 aliphatic carbocycles. The average molecular weight is 263 g/mol. The number of nitrogens with zero attached hydrogens (tertiary/aromatic N) is 3. The van der Waals surface area contributed by atoms with Crippen LogP contribution in [0.1, 0.15) is 44.9 Å². The zero-order valence-corrected chi connectivity index (χ0v) is 11.9. The molecule has 1 aliphatic heterocycles. The van der Waals surface area contributed by atoms with Gasteiger partial charge in [-0.15, -0.1) is 5.10 Å². The molecule has 3 rings (SSSR count). The van der Waals surface area contributed by atoms with Gasteiger partial charge in [-0.1, -0.05) is 25.7 Å². The summed E-state index contributed by atoms with van der Waals surface area (Å²) in [6, 6.07) is 0.522. The Morgan fingerprint density at radius 2 is 2.16 bits per heavy atom. The summed E-state index contributed by atoms with van der Waals surface area (Å²) in [6.45, 7) is 5.23. The molecule has 1 saturated carbocycles. The molecule has 2 aliphatic rings. The summed E-state index contributed by atoms with van der Waals surface area (Å²) in [5.41, 5.74) is 0. The summed E-state index contributed by atoms with van der Waals surface area (Å²) >= 11 is 0. The molecule has 1 atom stereocenters. The van der Waals surface area contributed by atoms with Crippen molar-refractivity contribution in [2.45, 2.75) is 51.5 Å². The third-order valence-electron chi connectivity index (χ3n) is 4.44. The van der Waals surface area contributed by atoms with E-state index in [2.05, 4.69) is 32.3 Å². The topological polar surface area (TPSA) is 56.8 Å². The van der Waals surface area contributed by atoms with Crippen molar-refractivity contribution in [2.24, 2.45) is 5.92 Å². The minimum Gasteiger partial charge on any atom is -0.337 e. The van der Waals surface area contributed by atoms with Gasteiger partial charge in [0.25, 0.3) is 0 Å². The van der Waals surface area contributed by atoms with Crippen molar-refractivity contribution in [3.8, 4) is 0 Å². The van der Waals surface area contributed by atoms with Crippen LogP contribution in [-0.4, -0.2) is 40.9 Å². The molecule has 2 heterocycles. The summed E-state index contributed by atoms with van der Waals surface area (Å²) < 4.78 is 0. The molecular formula is C14H25N5. The fraction of sp³-hybridized carbons (Fsp3) is 0.857. The van der Waals surface area contributed by atoms with Crippen molar-refractivity contribution in [3.63, 3.8) is 0 Å². The number of aromatic nitrogens is 3. The van der Waals surface area contributed by atoms with E-state index in [0.717, 1.165) is 43.7 Å². The van der Waals surface area contributed by atoms with E-state index >= 15 is 0 Å². The molecule has 0 amide bonds. The lowest BCUT2D eigenvalue weighted by atomic mass is 10.0. The molecule has 0 spiro atoms. The highest BCUT2D eigenvalue weighted by atomic mass is 15.4. The first-order valence-corrected chi connectivity index (χ1v) is 7.71. The molecule has 5 nitrogen and oxygen atoms in total. The Morgan fingerprint density at radius 3 is 2.95 bits per heavy atom. The van der Waals surface area contributed by atoms with Crippen molar-refractivity contribution >= 4 is 5.95 Å². The number of aryl methyl sites for hydroxylation is 1. The minimum absolute atomic E-state index is 0.522. The highest BCUT2D eigenvalue weighted by molar-refractivity contribution is 5.30. The van der Waals surface area contributed by atoms with E-state index < -0.39 is 0 Å². The first kappa shape index (κ1) is 12.9. The van der Waals surface area contributed by atoms with Crippen molar-refractivity contribution in [2.75, 3.05) is 24.5 Å². The van der Waals surface area contributed by atoms with E-state index in [1.165, 1.54) is 32.1 Å². The summed E-state index contributed by atoms with van der Waals surface area (Å²) in [5.74, 6) is 2.87. The van der Waals surface area contributed by atoms with Crippen LogP contribution < -0.4 is 10.2 Å². The van der Waals surface area contributed by atoms with E-state index in [-0.39, 0.29) is 0 Å². The van der Waals surface area contributed by atoms with Gasteiger partial charge in [0, 0.05) is 32.1 Å². The Bertz CT molecular complexity index is 396. The maximum atomic E-state index is 4.66. The van der Waals surface area contributed by atoms with Gasteiger partial charge in [-0.2, -0.15) is 4.98 Å². The van der Waals surface area contributed by atoms with E-state index in [1.54, 1.807) is 0 Å². The molecule has 1 aromatic heterocycles. The summed E-state index contributed by atoms with van der Waals surface area (Å²) in [5, 5.41) is 10.9. The summed E-state index contributed by atoms with van der Waals surface area (Å²) in [4.78, 5) is 6.94. The minimum atomic E-state index is 0.522. The Hall–Kier alpha value is -1.10. The molecule has 0 aromatic carbocycles. The molecule has 19 heavy (non-hydrogen) atoms. The smallest absolute Gasteiger partial charge is 0.244 e. The molecule has 5 heteroatoms. The maximum Gasteiger partial charge on any atom is 0.244 e. The maximum absolute atomic E-state index is 4.66. The molecule has 106 valence electrons. The lowest BCUT2D eigenvalue weighted by Crippen LogP contribution is -2.49. The van der Waals surface area contributed by atoms with E-state index in [0.29, 0.717) is 6.04 Å².